The summed E-state index contributed by atoms with van der Waals surface area (Å²) in [6, 6.07) is 5.24. The van der Waals surface area contributed by atoms with Crippen LogP contribution in [0.15, 0.2) is 29.2 Å². The quantitative estimate of drug-likeness (QED) is 0.795. The first-order valence-corrected chi connectivity index (χ1v) is 10.6. The highest BCUT2D eigenvalue weighted by molar-refractivity contribution is 7.89. The van der Waals surface area contributed by atoms with Crippen LogP contribution in [0.25, 0.3) is 0 Å². The Hall–Kier alpha value is -1.44. The molecule has 0 aliphatic carbocycles. The number of nitrogens with one attached hydrogen (secondary N) is 1. The number of Topliss-reactive ketones (excluding diaryl/α,β-unsaturated/α-hetero) is 1. The number of halogens is 1. The Labute approximate surface area is 160 Å². The second kappa shape index (κ2) is 8.97. The van der Waals surface area contributed by atoms with Crippen LogP contribution in [0.2, 0.25) is 5.02 Å². The molecule has 8 heteroatoms. The minimum absolute atomic E-state index is 0.106. The molecule has 6 nitrogen and oxygen atoms in total. The average Bonchev–Trinajstić information content (AvgIpc) is 2.76. The number of amides is 1. The fourth-order valence-corrected chi connectivity index (χ4v) is 4.37. The van der Waals surface area contributed by atoms with E-state index >= 15 is 0 Å². The largest absolute Gasteiger partial charge is 0.346 e. The molecule has 0 radical (unpaired) electrons. The van der Waals surface area contributed by atoms with E-state index in [0.29, 0.717) is 30.2 Å². The summed E-state index contributed by atoms with van der Waals surface area (Å²) >= 11 is 5.81. The fraction of sp³-hybridized carbons (Fsp3) is 0.556. The first kappa shape index (κ1) is 20.9. The van der Waals surface area contributed by atoms with Gasteiger partial charge in [-0.2, -0.15) is 4.31 Å². The van der Waals surface area contributed by atoms with Crippen molar-refractivity contribution in [1.82, 2.24) is 9.62 Å². The lowest BCUT2D eigenvalue weighted by molar-refractivity contribution is -0.127. The minimum Gasteiger partial charge on any atom is -0.346 e. The molecule has 0 aromatic heterocycles. The standard InChI is InChI=1S/C18H25ClN2O4S/c1-13(2)5-10-18(23)20-16-4-3-11-21(12-17(16)22)26(24,25)15-8-6-14(19)7-9-15/h6-9,13,16H,3-5,10-12H2,1-2H3,(H,20,23)/t16-/m0/s1. The molecule has 1 aliphatic rings. The van der Waals surface area contributed by atoms with Crippen molar-refractivity contribution in [1.29, 1.82) is 0 Å². The van der Waals surface area contributed by atoms with Crippen molar-refractivity contribution in [3.05, 3.63) is 29.3 Å². The zero-order valence-electron chi connectivity index (χ0n) is 15.1. The van der Waals surface area contributed by atoms with Gasteiger partial charge in [-0.1, -0.05) is 25.4 Å². The second-order valence-corrected chi connectivity index (χ2v) is 9.33. The Balaban J connectivity index is 2.04. The number of ketones is 1. The molecule has 0 bridgehead atoms. The monoisotopic (exact) mass is 400 g/mol. The maximum atomic E-state index is 12.7. The van der Waals surface area contributed by atoms with Gasteiger partial charge in [0, 0.05) is 18.0 Å². The number of hydrogen-bond acceptors (Lipinski definition) is 4. The Kier molecular flexibility index (Phi) is 7.20. The van der Waals surface area contributed by atoms with Crippen LogP contribution in [0.1, 0.15) is 39.5 Å². The summed E-state index contributed by atoms with van der Waals surface area (Å²) in [7, 11) is -3.77. The van der Waals surface area contributed by atoms with Crippen molar-refractivity contribution >= 4 is 33.3 Å². The van der Waals surface area contributed by atoms with Crippen LogP contribution in [0.5, 0.6) is 0 Å². The Bertz CT molecular complexity index is 747. The van der Waals surface area contributed by atoms with Crippen LogP contribution in [-0.4, -0.2) is 43.5 Å². The molecule has 26 heavy (non-hydrogen) atoms. The highest BCUT2D eigenvalue weighted by Crippen LogP contribution is 2.21. The van der Waals surface area contributed by atoms with Crippen molar-refractivity contribution in [2.45, 2.75) is 50.5 Å². The first-order chi connectivity index (χ1) is 12.2. The highest BCUT2D eigenvalue weighted by atomic mass is 35.5. The van der Waals surface area contributed by atoms with Crippen LogP contribution in [-0.2, 0) is 19.6 Å². The average molecular weight is 401 g/mol. The Morgan fingerprint density at radius 3 is 2.58 bits per heavy atom. The summed E-state index contributed by atoms with van der Waals surface area (Å²) in [4.78, 5) is 24.6. The molecule has 144 valence electrons. The topological polar surface area (TPSA) is 83.6 Å². The van der Waals surface area contributed by atoms with Crippen molar-refractivity contribution in [3.8, 4) is 0 Å². The molecule has 1 amide bonds. The number of hydrogen-bond donors (Lipinski definition) is 1. The Morgan fingerprint density at radius 1 is 1.31 bits per heavy atom. The Morgan fingerprint density at radius 2 is 1.96 bits per heavy atom. The predicted molar refractivity (Wildman–Crippen MR) is 100 cm³/mol. The summed E-state index contributed by atoms with van der Waals surface area (Å²) in [5.74, 6) is -0.0328. The van der Waals surface area contributed by atoms with E-state index in [4.69, 9.17) is 11.6 Å². The van der Waals surface area contributed by atoms with Gasteiger partial charge in [-0.3, -0.25) is 9.59 Å². The van der Waals surface area contributed by atoms with Crippen LogP contribution in [0.3, 0.4) is 0 Å². The summed E-state index contributed by atoms with van der Waals surface area (Å²) in [5, 5.41) is 3.20. The molecule has 0 spiro atoms. The van der Waals surface area contributed by atoms with E-state index in [1.807, 2.05) is 13.8 Å². The molecule has 1 heterocycles. The van der Waals surface area contributed by atoms with Gasteiger partial charge in [0.25, 0.3) is 0 Å². The molecule has 1 saturated heterocycles. The lowest BCUT2D eigenvalue weighted by Crippen LogP contribution is -2.44. The van der Waals surface area contributed by atoms with E-state index in [9.17, 15) is 18.0 Å². The summed E-state index contributed by atoms with van der Waals surface area (Å²) in [6.45, 7) is 4.07. The van der Waals surface area contributed by atoms with Crippen molar-refractivity contribution < 1.29 is 18.0 Å². The lowest BCUT2D eigenvalue weighted by Gasteiger charge is -2.20. The van der Waals surface area contributed by atoms with Gasteiger partial charge in [-0.05, 0) is 49.4 Å². The third-order valence-electron chi connectivity index (χ3n) is 4.36. The van der Waals surface area contributed by atoms with E-state index in [1.54, 1.807) is 0 Å². The maximum absolute atomic E-state index is 12.7. The first-order valence-electron chi connectivity index (χ1n) is 8.78. The molecule has 0 unspecified atom stereocenters. The van der Waals surface area contributed by atoms with Gasteiger partial charge in [-0.15, -0.1) is 0 Å². The van der Waals surface area contributed by atoms with Gasteiger partial charge >= 0.3 is 0 Å². The molecular weight excluding hydrogens is 376 g/mol. The van der Waals surface area contributed by atoms with Gasteiger partial charge in [0.05, 0.1) is 17.5 Å². The van der Waals surface area contributed by atoms with Crippen molar-refractivity contribution in [3.63, 3.8) is 0 Å². The van der Waals surface area contributed by atoms with Crippen molar-refractivity contribution in [2.75, 3.05) is 13.1 Å². The zero-order chi connectivity index (χ0) is 19.3. The molecule has 1 N–H and O–H groups in total. The molecule has 1 fully saturated rings. The predicted octanol–water partition coefficient (Wildman–Crippen LogP) is 2.61. The minimum atomic E-state index is -3.77. The maximum Gasteiger partial charge on any atom is 0.243 e. The highest BCUT2D eigenvalue weighted by Gasteiger charge is 2.32. The number of rotatable bonds is 6. The smallest absolute Gasteiger partial charge is 0.243 e. The molecule has 1 atom stereocenters. The molecule has 0 saturated carbocycles. The van der Waals surface area contributed by atoms with Crippen LogP contribution >= 0.6 is 11.6 Å². The number of carbonyl (C=O) groups excluding carboxylic acids is 2. The number of benzene rings is 1. The van der Waals surface area contributed by atoms with Crippen molar-refractivity contribution in [2.24, 2.45) is 5.92 Å². The van der Waals surface area contributed by atoms with E-state index in [0.717, 1.165) is 6.42 Å². The molecule has 2 rings (SSSR count). The molecule has 1 aromatic rings. The van der Waals surface area contributed by atoms with Gasteiger partial charge in [0.1, 0.15) is 0 Å². The lowest BCUT2D eigenvalue weighted by atomic mass is 10.1. The van der Waals surface area contributed by atoms with Gasteiger partial charge in [-0.25, -0.2) is 8.42 Å². The second-order valence-electron chi connectivity index (χ2n) is 6.95. The van der Waals surface area contributed by atoms with Gasteiger partial charge in [0.15, 0.2) is 5.78 Å². The zero-order valence-corrected chi connectivity index (χ0v) is 16.6. The molecule has 1 aromatic carbocycles. The normalized spacial score (nSPS) is 19.4. The number of carbonyl (C=O) groups is 2. The molecule has 1 aliphatic heterocycles. The SMILES string of the molecule is CC(C)CCC(=O)N[C@H]1CCCN(S(=O)(=O)c2ccc(Cl)cc2)CC1=O. The number of nitrogens with zero attached hydrogens (tertiary/aromatic N) is 1. The summed E-state index contributed by atoms with van der Waals surface area (Å²) in [5.41, 5.74) is 0. The van der Waals surface area contributed by atoms with E-state index in [2.05, 4.69) is 5.32 Å². The third-order valence-corrected chi connectivity index (χ3v) is 6.47. The van der Waals surface area contributed by atoms with Gasteiger partial charge < -0.3 is 5.32 Å². The molecular formula is C18H25ClN2O4S. The fourth-order valence-electron chi connectivity index (χ4n) is 2.80. The van der Waals surface area contributed by atoms with Gasteiger partial charge in [0.2, 0.25) is 15.9 Å². The van der Waals surface area contributed by atoms with E-state index in [-0.39, 0.29) is 29.7 Å². The van der Waals surface area contributed by atoms with Crippen LogP contribution in [0, 0.1) is 5.92 Å². The number of sulfonamides is 1. The van der Waals surface area contributed by atoms with E-state index < -0.39 is 16.1 Å². The van der Waals surface area contributed by atoms with Crippen LogP contribution in [0.4, 0.5) is 0 Å². The third kappa shape index (κ3) is 5.53. The van der Waals surface area contributed by atoms with E-state index in [1.165, 1.54) is 28.6 Å². The summed E-state index contributed by atoms with van der Waals surface area (Å²) in [6.07, 6.45) is 2.07. The summed E-state index contributed by atoms with van der Waals surface area (Å²) < 4.78 is 26.7. The van der Waals surface area contributed by atoms with Crippen LogP contribution < -0.4 is 5.32 Å².